The predicted molar refractivity (Wildman–Crippen MR) is 114 cm³/mol. The number of ether oxygens (including phenoxy) is 1. The number of hydrogen-bond donors (Lipinski definition) is 2. The van der Waals surface area contributed by atoms with Gasteiger partial charge in [0.25, 0.3) is 0 Å². The van der Waals surface area contributed by atoms with Gasteiger partial charge in [0.1, 0.15) is 5.75 Å². The highest BCUT2D eigenvalue weighted by Crippen LogP contribution is 2.22. The number of thiophene rings is 1. The van der Waals surface area contributed by atoms with E-state index < -0.39 is 12.8 Å². The molecule has 150 valence electrons. The maximum absolute atomic E-state index is 12.4. The van der Waals surface area contributed by atoms with Crippen molar-refractivity contribution in [1.82, 2.24) is 10.6 Å². The number of nitrogens with zero attached hydrogens (tertiary/aromatic N) is 1. The Bertz CT molecular complexity index is 693. The summed E-state index contributed by atoms with van der Waals surface area (Å²) in [6, 6.07) is 10.7. The van der Waals surface area contributed by atoms with Gasteiger partial charge in [0.15, 0.2) is 12.6 Å². The summed E-state index contributed by atoms with van der Waals surface area (Å²) >= 11 is 1.70. The van der Waals surface area contributed by atoms with Crippen molar-refractivity contribution in [2.45, 2.75) is 26.1 Å². The lowest BCUT2D eigenvalue weighted by Crippen LogP contribution is -2.38. The highest BCUT2D eigenvalue weighted by Gasteiger charge is 2.28. The summed E-state index contributed by atoms with van der Waals surface area (Å²) in [6.07, 6.45) is -3.48. The average molecular weight is 513 g/mol. The lowest BCUT2D eigenvalue weighted by molar-refractivity contribution is -0.153. The molecular formula is C18H23F3IN3OS. The molecule has 0 bridgehead atoms. The average Bonchev–Trinajstić information content (AvgIpc) is 3.11. The molecule has 0 saturated heterocycles. The number of benzene rings is 1. The summed E-state index contributed by atoms with van der Waals surface area (Å²) in [4.78, 5) is 5.72. The summed E-state index contributed by atoms with van der Waals surface area (Å²) in [5.74, 6) is 0.817. The molecule has 0 radical (unpaired) electrons. The van der Waals surface area contributed by atoms with E-state index in [1.165, 1.54) is 10.9 Å². The van der Waals surface area contributed by atoms with Crippen LogP contribution in [0.15, 0.2) is 46.8 Å². The van der Waals surface area contributed by atoms with E-state index >= 15 is 0 Å². The van der Waals surface area contributed by atoms with Gasteiger partial charge >= 0.3 is 6.18 Å². The first-order chi connectivity index (χ1) is 12.5. The van der Waals surface area contributed by atoms with E-state index in [2.05, 4.69) is 21.7 Å². The minimum Gasteiger partial charge on any atom is -0.484 e. The molecule has 4 nitrogen and oxygen atoms in total. The molecule has 0 unspecified atom stereocenters. The number of aliphatic imine (C=N–C) groups is 1. The number of hydrogen-bond acceptors (Lipinski definition) is 3. The van der Waals surface area contributed by atoms with Gasteiger partial charge in [-0.2, -0.15) is 13.2 Å². The maximum atomic E-state index is 12.4. The number of alkyl halides is 3. The van der Waals surface area contributed by atoms with Gasteiger partial charge < -0.3 is 15.4 Å². The van der Waals surface area contributed by atoms with E-state index in [0.29, 0.717) is 18.1 Å². The molecule has 0 aliphatic heterocycles. The van der Waals surface area contributed by atoms with E-state index in [0.717, 1.165) is 13.0 Å². The van der Waals surface area contributed by atoms with Crippen LogP contribution >= 0.6 is 35.3 Å². The first-order valence-electron chi connectivity index (χ1n) is 8.30. The fraction of sp³-hybridized carbons (Fsp3) is 0.389. The molecule has 2 N–H and O–H groups in total. The molecule has 0 fully saturated rings. The van der Waals surface area contributed by atoms with E-state index in [1.54, 1.807) is 29.5 Å². The van der Waals surface area contributed by atoms with Gasteiger partial charge in [-0.3, -0.25) is 0 Å². The number of halogens is 4. The van der Waals surface area contributed by atoms with Crippen LogP contribution in [0.4, 0.5) is 13.2 Å². The van der Waals surface area contributed by atoms with Crippen LogP contribution in [0.1, 0.15) is 17.4 Å². The Morgan fingerprint density at radius 1 is 1.15 bits per heavy atom. The second kappa shape index (κ2) is 12.1. The monoisotopic (exact) mass is 513 g/mol. The first-order valence-corrected chi connectivity index (χ1v) is 9.18. The van der Waals surface area contributed by atoms with Gasteiger partial charge in [-0.15, -0.1) is 35.3 Å². The zero-order chi connectivity index (χ0) is 18.8. The molecule has 27 heavy (non-hydrogen) atoms. The zero-order valence-corrected chi connectivity index (χ0v) is 18.0. The second-order valence-corrected chi connectivity index (χ2v) is 6.50. The van der Waals surface area contributed by atoms with Crippen molar-refractivity contribution >= 4 is 41.3 Å². The Labute approximate surface area is 178 Å². The molecule has 1 aromatic heterocycles. The highest BCUT2D eigenvalue weighted by molar-refractivity contribution is 14.0. The number of nitrogens with one attached hydrogen (secondary N) is 2. The van der Waals surface area contributed by atoms with Crippen molar-refractivity contribution in [2.24, 2.45) is 4.99 Å². The fourth-order valence-corrected chi connectivity index (χ4v) is 2.91. The molecule has 0 aliphatic rings. The van der Waals surface area contributed by atoms with Crippen molar-refractivity contribution in [3.63, 3.8) is 0 Å². The van der Waals surface area contributed by atoms with Gasteiger partial charge in [-0.25, -0.2) is 4.99 Å². The van der Waals surface area contributed by atoms with E-state index in [-0.39, 0.29) is 36.3 Å². The molecule has 1 heterocycles. The first kappa shape index (κ1) is 23.5. The van der Waals surface area contributed by atoms with Crippen molar-refractivity contribution in [1.29, 1.82) is 0 Å². The van der Waals surface area contributed by atoms with Crippen molar-refractivity contribution in [3.05, 3.63) is 52.2 Å². The van der Waals surface area contributed by atoms with Crippen LogP contribution in [0.5, 0.6) is 5.75 Å². The van der Waals surface area contributed by atoms with Gasteiger partial charge in [-0.1, -0.05) is 24.3 Å². The van der Waals surface area contributed by atoms with Gasteiger partial charge in [-0.05, 0) is 30.9 Å². The van der Waals surface area contributed by atoms with Crippen LogP contribution in [0.25, 0.3) is 0 Å². The quantitative estimate of drug-likeness (QED) is 0.308. The lowest BCUT2D eigenvalue weighted by atomic mass is 10.2. The van der Waals surface area contributed by atoms with Crippen molar-refractivity contribution in [2.75, 3.05) is 19.7 Å². The SMILES string of the molecule is CCNC(=NCc1ccccc1OCC(F)(F)F)NCCc1cccs1.I. The van der Waals surface area contributed by atoms with E-state index in [4.69, 9.17) is 4.74 Å². The number of guanidine groups is 1. The summed E-state index contributed by atoms with van der Waals surface area (Å²) in [5.41, 5.74) is 0.604. The molecule has 0 aliphatic carbocycles. The Balaban J connectivity index is 0.00000364. The molecule has 0 spiro atoms. The Kier molecular flexibility index (Phi) is 10.5. The highest BCUT2D eigenvalue weighted by atomic mass is 127. The smallest absolute Gasteiger partial charge is 0.422 e. The van der Waals surface area contributed by atoms with E-state index in [9.17, 15) is 13.2 Å². The Hall–Kier alpha value is -1.49. The molecule has 0 atom stereocenters. The summed E-state index contributed by atoms with van der Waals surface area (Å²) in [7, 11) is 0. The normalized spacial score (nSPS) is 11.6. The van der Waals surface area contributed by atoms with Crippen molar-refractivity contribution in [3.8, 4) is 5.75 Å². The minimum atomic E-state index is -4.37. The van der Waals surface area contributed by atoms with Gasteiger partial charge in [0.2, 0.25) is 0 Å². The summed E-state index contributed by atoms with van der Waals surface area (Å²) in [6.45, 7) is 2.28. The van der Waals surface area contributed by atoms with Crippen LogP contribution in [-0.4, -0.2) is 31.8 Å². The molecule has 2 aromatic rings. The maximum Gasteiger partial charge on any atom is 0.422 e. The van der Waals surface area contributed by atoms with Crippen LogP contribution < -0.4 is 15.4 Å². The minimum absolute atomic E-state index is 0. The number of para-hydroxylation sites is 1. The third-order valence-corrected chi connectivity index (χ3v) is 4.30. The predicted octanol–water partition coefficient (Wildman–Crippen LogP) is 4.61. The van der Waals surface area contributed by atoms with Crippen molar-refractivity contribution < 1.29 is 17.9 Å². The molecule has 2 rings (SSSR count). The zero-order valence-electron chi connectivity index (χ0n) is 14.9. The molecule has 0 amide bonds. The Morgan fingerprint density at radius 2 is 1.93 bits per heavy atom. The van der Waals surface area contributed by atoms with Crippen LogP contribution in [-0.2, 0) is 13.0 Å². The topological polar surface area (TPSA) is 45.7 Å². The molecule has 1 aromatic carbocycles. The summed E-state index contributed by atoms with van der Waals surface area (Å²) < 4.78 is 42.0. The second-order valence-electron chi connectivity index (χ2n) is 5.46. The molecular weight excluding hydrogens is 490 g/mol. The number of rotatable bonds is 8. The molecule has 0 saturated carbocycles. The fourth-order valence-electron chi connectivity index (χ4n) is 2.20. The Morgan fingerprint density at radius 3 is 2.59 bits per heavy atom. The van der Waals surface area contributed by atoms with Crippen LogP contribution in [0.2, 0.25) is 0 Å². The van der Waals surface area contributed by atoms with Gasteiger partial charge in [0, 0.05) is 23.5 Å². The third-order valence-electron chi connectivity index (χ3n) is 3.36. The summed E-state index contributed by atoms with van der Waals surface area (Å²) in [5, 5.41) is 8.39. The standard InChI is InChI=1S/C18H22F3N3OS.HI/c1-2-22-17(23-10-9-15-7-5-11-26-15)24-12-14-6-3-4-8-16(14)25-13-18(19,20)21;/h3-8,11H,2,9-10,12-13H2,1H3,(H2,22,23,24);1H. The van der Waals surface area contributed by atoms with Gasteiger partial charge in [0.05, 0.1) is 6.54 Å². The van der Waals surface area contributed by atoms with Crippen LogP contribution in [0, 0.1) is 0 Å². The lowest BCUT2D eigenvalue weighted by Gasteiger charge is -2.13. The third kappa shape index (κ3) is 9.32. The molecule has 9 heteroatoms. The largest absolute Gasteiger partial charge is 0.484 e. The van der Waals surface area contributed by atoms with Crippen LogP contribution in [0.3, 0.4) is 0 Å². The van der Waals surface area contributed by atoms with E-state index in [1.807, 2.05) is 18.4 Å².